The number of hydrogen-bond acceptors (Lipinski definition) is 12. The number of fused-ring (bicyclic) bond motifs is 2. The van der Waals surface area contributed by atoms with Crippen molar-refractivity contribution >= 4 is 68.2 Å². The number of aromatic nitrogens is 8. The van der Waals surface area contributed by atoms with E-state index in [-0.39, 0.29) is 36.5 Å². The quantitative estimate of drug-likeness (QED) is 0.0766. The van der Waals surface area contributed by atoms with Crippen LogP contribution < -0.4 is 26.8 Å². The zero-order chi connectivity index (χ0) is 41.8. The molecule has 1 aromatic carbocycles. The maximum absolute atomic E-state index is 13.7. The molecule has 0 spiro atoms. The van der Waals surface area contributed by atoms with Crippen molar-refractivity contribution in [3.05, 3.63) is 75.7 Å². The van der Waals surface area contributed by atoms with Crippen LogP contribution in [-0.4, -0.2) is 107 Å². The Morgan fingerprint density at radius 2 is 1.41 bits per heavy atom. The van der Waals surface area contributed by atoms with E-state index < -0.39 is 17.7 Å². The Labute approximate surface area is 342 Å². The molecule has 4 amide bonds. The molecular weight excluding hydrogens is 779 g/mol. The van der Waals surface area contributed by atoms with Gasteiger partial charge in [0.1, 0.15) is 33.0 Å². The SMILES string of the molecule is CCn1nc(C)cc1C(=O)Nc1nc2cc(C(N)=O)sc2n1C/C=C/Cn1c(NC(=O)c2cc(C)nn2CC)nc2cc(C(N)=O)cc(OCCCN3CCOCC3)c21. The number of carbonyl (C=O) groups is 4. The number of primary amides is 2. The summed E-state index contributed by atoms with van der Waals surface area (Å²) in [5, 5.41) is 14.7. The summed E-state index contributed by atoms with van der Waals surface area (Å²) in [5.41, 5.74) is 15.2. The lowest BCUT2D eigenvalue weighted by atomic mass is 10.1. The van der Waals surface area contributed by atoms with Crippen LogP contribution in [0.3, 0.4) is 0 Å². The molecule has 0 radical (unpaired) electrons. The third-order valence-corrected chi connectivity index (χ3v) is 11.0. The predicted molar refractivity (Wildman–Crippen MR) is 222 cm³/mol. The van der Waals surface area contributed by atoms with Crippen molar-refractivity contribution in [1.29, 1.82) is 0 Å². The molecular formula is C39H47N13O6S. The monoisotopic (exact) mass is 825 g/mol. The Morgan fingerprint density at radius 1 is 0.814 bits per heavy atom. The Bertz CT molecular complexity index is 2570. The Balaban J connectivity index is 1.21. The van der Waals surface area contributed by atoms with Crippen molar-refractivity contribution in [2.75, 3.05) is 50.1 Å². The Kier molecular flexibility index (Phi) is 12.2. The van der Waals surface area contributed by atoms with E-state index in [1.807, 2.05) is 39.8 Å². The number of morpholine rings is 1. The molecule has 1 fully saturated rings. The van der Waals surface area contributed by atoms with Gasteiger partial charge in [-0.3, -0.25) is 48.6 Å². The van der Waals surface area contributed by atoms with Gasteiger partial charge in [-0.15, -0.1) is 11.3 Å². The van der Waals surface area contributed by atoms with Gasteiger partial charge in [0.05, 0.1) is 41.6 Å². The van der Waals surface area contributed by atoms with Gasteiger partial charge in [-0.25, -0.2) is 9.97 Å². The molecule has 0 bridgehead atoms. The summed E-state index contributed by atoms with van der Waals surface area (Å²) in [6.45, 7) is 13.1. The number of nitrogens with zero attached hydrogens (tertiary/aromatic N) is 9. The number of carbonyl (C=O) groups excluding carboxylic acids is 4. The highest BCUT2D eigenvalue weighted by atomic mass is 32.1. The van der Waals surface area contributed by atoms with Gasteiger partial charge < -0.3 is 25.5 Å². The molecule has 0 saturated carbocycles. The standard InChI is InChI=1S/C39H47N13O6S/c1-5-51-28(18-23(3)46-51)35(55)44-38-42-26-20-25(33(40)53)21-30(58-15-9-10-48-13-16-57-17-14-48)32(26)49(38)11-7-8-12-50-37-27(22-31(59-37)34(41)54)43-39(50)45-36(56)29-19-24(4)47-52(29)6-2/h7-8,18-22H,5-6,9-17H2,1-4H3,(H2,40,53)(H2,41,54)(H,42,44,55)(H,43,45,56)/b8-7+. The second-order valence-corrected chi connectivity index (χ2v) is 15.0. The summed E-state index contributed by atoms with van der Waals surface area (Å²) in [5.74, 6) is -1.17. The third kappa shape index (κ3) is 8.88. The number of nitrogens with one attached hydrogen (secondary N) is 2. The number of thiophene rings is 1. The van der Waals surface area contributed by atoms with Crippen LogP contribution in [0.25, 0.3) is 21.4 Å². The summed E-state index contributed by atoms with van der Waals surface area (Å²) in [6.07, 6.45) is 4.46. The molecule has 1 saturated heterocycles. The third-order valence-electron chi connectivity index (χ3n) is 9.80. The minimum Gasteiger partial charge on any atom is -0.491 e. The normalized spacial score (nSPS) is 13.5. The van der Waals surface area contributed by atoms with Crippen LogP contribution in [0.1, 0.15) is 72.7 Å². The number of nitrogens with two attached hydrogens (primary N) is 2. The molecule has 5 aromatic heterocycles. The first-order valence-corrected chi connectivity index (χ1v) is 20.2. The maximum Gasteiger partial charge on any atom is 0.276 e. The Hall–Kier alpha value is -6.38. The van der Waals surface area contributed by atoms with E-state index in [1.165, 1.54) is 11.3 Å². The molecule has 6 aromatic rings. The topological polar surface area (TPSA) is 237 Å². The molecule has 59 heavy (non-hydrogen) atoms. The van der Waals surface area contributed by atoms with Crippen LogP contribution in [-0.2, 0) is 30.9 Å². The molecule has 1 aliphatic heterocycles. The number of imidazole rings is 2. The van der Waals surface area contributed by atoms with Crippen molar-refractivity contribution < 1.29 is 28.7 Å². The number of anilines is 2. The number of rotatable bonds is 17. The van der Waals surface area contributed by atoms with Crippen molar-refractivity contribution in [2.24, 2.45) is 11.5 Å². The first-order chi connectivity index (χ1) is 28.4. The second kappa shape index (κ2) is 17.6. The fourth-order valence-corrected chi connectivity index (χ4v) is 7.94. The van der Waals surface area contributed by atoms with E-state index in [0.29, 0.717) is 87.7 Å². The maximum atomic E-state index is 13.7. The highest BCUT2D eigenvalue weighted by Gasteiger charge is 2.23. The van der Waals surface area contributed by atoms with E-state index in [1.54, 1.807) is 48.8 Å². The number of ether oxygens (including phenoxy) is 2. The van der Waals surface area contributed by atoms with Gasteiger partial charge in [0.2, 0.25) is 17.8 Å². The van der Waals surface area contributed by atoms with E-state index in [0.717, 1.165) is 26.1 Å². The minimum absolute atomic E-state index is 0.198. The number of hydrogen-bond donors (Lipinski definition) is 4. The lowest BCUT2D eigenvalue weighted by Gasteiger charge is -2.26. The van der Waals surface area contributed by atoms with E-state index in [2.05, 4.69) is 30.7 Å². The van der Waals surface area contributed by atoms with Gasteiger partial charge in [0.15, 0.2) is 0 Å². The summed E-state index contributed by atoms with van der Waals surface area (Å²) < 4.78 is 18.6. The average molecular weight is 826 g/mol. The highest BCUT2D eigenvalue weighted by Crippen LogP contribution is 2.32. The smallest absolute Gasteiger partial charge is 0.276 e. The van der Waals surface area contributed by atoms with E-state index in [9.17, 15) is 19.2 Å². The van der Waals surface area contributed by atoms with Crippen molar-refractivity contribution in [1.82, 2.24) is 43.6 Å². The van der Waals surface area contributed by atoms with Gasteiger partial charge in [0.25, 0.3) is 17.7 Å². The molecule has 7 rings (SSSR count). The van der Waals surface area contributed by atoms with Gasteiger partial charge in [0, 0.05) is 51.4 Å². The van der Waals surface area contributed by atoms with Crippen LogP contribution in [0, 0.1) is 13.8 Å². The number of benzene rings is 1. The predicted octanol–water partition coefficient (Wildman–Crippen LogP) is 3.56. The number of allylic oxidation sites excluding steroid dienone is 2. The lowest BCUT2D eigenvalue weighted by Crippen LogP contribution is -2.37. The number of aryl methyl sites for hydroxylation is 4. The molecule has 310 valence electrons. The lowest BCUT2D eigenvalue weighted by molar-refractivity contribution is 0.0358. The molecule has 6 heterocycles. The molecule has 0 unspecified atom stereocenters. The molecule has 19 nitrogen and oxygen atoms in total. The van der Waals surface area contributed by atoms with Gasteiger partial charge in [-0.1, -0.05) is 12.2 Å². The summed E-state index contributed by atoms with van der Waals surface area (Å²) in [6, 6.07) is 8.17. The summed E-state index contributed by atoms with van der Waals surface area (Å²) >= 11 is 1.17. The van der Waals surface area contributed by atoms with Crippen molar-refractivity contribution in [3.63, 3.8) is 0 Å². The summed E-state index contributed by atoms with van der Waals surface area (Å²) in [7, 11) is 0. The van der Waals surface area contributed by atoms with E-state index in [4.69, 9.17) is 25.9 Å². The van der Waals surface area contributed by atoms with Crippen LogP contribution in [0.2, 0.25) is 0 Å². The molecule has 20 heteroatoms. The van der Waals surface area contributed by atoms with Crippen molar-refractivity contribution in [3.8, 4) is 5.75 Å². The van der Waals surface area contributed by atoms with Crippen LogP contribution >= 0.6 is 11.3 Å². The fourth-order valence-electron chi connectivity index (χ4n) is 6.98. The highest BCUT2D eigenvalue weighted by molar-refractivity contribution is 7.20. The molecule has 6 N–H and O–H groups in total. The van der Waals surface area contributed by atoms with Gasteiger partial charge in [-0.2, -0.15) is 10.2 Å². The molecule has 0 atom stereocenters. The Morgan fingerprint density at radius 3 is 2.00 bits per heavy atom. The van der Waals surface area contributed by atoms with E-state index >= 15 is 0 Å². The second-order valence-electron chi connectivity index (χ2n) is 14.0. The van der Waals surface area contributed by atoms with Gasteiger partial charge >= 0.3 is 0 Å². The first-order valence-electron chi connectivity index (χ1n) is 19.4. The van der Waals surface area contributed by atoms with Crippen LogP contribution in [0.15, 0.2) is 42.5 Å². The minimum atomic E-state index is -0.649. The zero-order valence-electron chi connectivity index (χ0n) is 33.4. The largest absolute Gasteiger partial charge is 0.491 e. The molecule has 0 aliphatic carbocycles. The van der Waals surface area contributed by atoms with Gasteiger partial charge in [-0.05, 0) is 64.4 Å². The van der Waals surface area contributed by atoms with Crippen LogP contribution in [0.5, 0.6) is 5.75 Å². The zero-order valence-corrected chi connectivity index (χ0v) is 34.2. The average Bonchev–Trinajstić information content (AvgIpc) is 4.04. The number of amides is 4. The first kappa shape index (κ1) is 40.8. The van der Waals surface area contributed by atoms with Crippen LogP contribution in [0.4, 0.5) is 11.9 Å². The molecule has 1 aliphatic rings. The van der Waals surface area contributed by atoms with Crippen molar-refractivity contribution in [2.45, 2.75) is 60.3 Å². The fraction of sp³-hybridized carbons (Fsp3) is 0.385. The summed E-state index contributed by atoms with van der Waals surface area (Å²) in [4.78, 5) is 64.5.